The van der Waals surface area contributed by atoms with Gasteiger partial charge in [-0.1, -0.05) is 6.07 Å². The number of rotatable bonds is 5. The van der Waals surface area contributed by atoms with Crippen LogP contribution >= 0.6 is 0 Å². The number of carbonyl (C=O) groups excluding carboxylic acids is 1. The Labute approximate surface area is 145 Å². The van der Waals surface area contributed by atoms with Crippen LogP contribution in [0.25, 0.3) is 11.5 Å². The van der Waals surface area contributed by atoms with Crippen molar-refractivity contribution in [2.75, 3.05) is 23.7 Å². The van der Waals surface area contributed by atoms with E-state index >= 15 is 0 Å². The van der Waals surface area contributed by atoms with E-state index in [1.54, 1.807) is 30.7 Å². The second kappa shape index (κ2) is 6.39. The van der Waals surface area contributed by atoms with Crippen molar-refractivity contribution in [2.24, 2.45) is 5.92 Å². The number of carbonyl (C=O) groups is 1. The largest absolute Gasteiger partial charge is 0.463 e. The number of aromatic nitrogens is 2. The highest BCUT2D eigenvalue weighted by Crippen LogP contribution is 2.26. The fourth-order valence-corrected chi connectivity index (χ4v) is 2.93. The van der Waals surface area contributed by atoms with Gasteiger partial charge in [0.15, 0.2) is 5.76 Å². The van der Waals surface area contributed by atoms with Crippen molar-refractivity contribution in [3.8, 4) is 11.5 Å². The van der Waals surface area contributed by atoms with Gasteiger partial charge in [0.1, 0.15) is 17.3 Å². The van der Waals surface area contributed by atoms with Crippen molar-refractivity contribution in [2.45, 2.75) is 6.42 Å². The van der Waals surface area contributed by atoms with Crippen LogP contribution < -0.4 is 10.6 Å². The fourth-order valence-electron chi connectivity index (χ4n) is 2.93. The zero-order chi connectivity index (χ0) is 17.2. The number of nitrogen functional groups attached to an aromatic ring is 1. The molecule has 0 radical (unpaired) electrons. The van der Waals surface area contributed by atoms with Crippen molar-refractivity contribution >= 4 is 17.3 Å². The number of furan rings is 1. The van der Waals surface area contributed by atoms with Gasteiger partial charge < -0.3 is 15.1 Å². The standard InChI is InChI=1S/C19H18N4O2/c20-14-6-7-15(18-4-3-9-25-18)22-16(14)10-17(24)13-11-23(12-13)19-5-1-2-8-21-19/h1-9,13H,10-12,20H2. The Morgan fingerprint density at radius 1 is 1.20 bits per heavy atom. The van der Waals surface area contributed by atoms with Crippen molar-refractivity contribution < 1.29 is 9.21 Å². The Hall–Kier alpha value is -3.15. The van der Waals surface area contributed by atoms with E-state index in [1.807, 2.05) is 24.3 Å². The summed E-state index contributed by atoms with van der Waals surface area (Å²) in [6.45, 7) is 1.38. The van der Waals surface area contributed by atoms with Crippen molar-refractivity contribution in [1.82, 2.24) is 9.97 Å². The van der Waals surface area contributed by atoms with Gasteiger partial charge in [-0.3, -0.25) is 4.79 Å². The minimum absolute atomic E-state index is 0.00419. The van der Waals surface area contributed by atoms with Gasteiger partial charge in [-0.15, -0.1) is 0 Å². The molecule has 1 aliphatic heterocycles. The van der Waals surface area contributed by atoms with Gasteiger partial charge >= 0.3 is 0 Å². The number of pyridine rings is 2. The molecule has 4 heterocycles. The van der Waals surface area contributed by atoms with Crippen LogP contribution in [0, 0.1) is 5.92 Å². The van der Waals surface area contributed by atoms with Crippen LogP contribution in [0.5, 0.6) is 0 Å². The molecule has 0 unspecified atom stereocenters. The van der Waals surface area contributed by atoms with Crippen LogP contribution in [0.4, 0.5) is 11.5 Å². The van der Waals surface area contributed by atoms with Crippen LogP contribution in [-0.4, -0.2) is 28.8 Å². The maximum Gasteiger partial charge on any atom is 0.152 e. The van der Waals surface area contributed by atoms with Gasteiger partial charge in [-0.05, 0) is 36.4 Å². The smallest absolute Gasteiger partial charge is 0.152 e. The molecule has 3 aromatic rings. The first-order chi connectivity index (χ1) is 12.2. The summed E-state index contributed by atoms with van der Waals surface area (Å²) < 4.78 is 5.36. The minimum Gasteiger partial charge on any atom is -0.463 e. The zero-order valence-electron chi connectivity index (χ0n) is 13.6. The average Bonchev–Trinajstić information content (AvgIpc) is 3.11. The van der Waals surface area contributed by atoms with E-state index in [9.17, 15) is 4.79 Å². The van der Waals surface area contributed by atoms with Gasteiger partial charge in [-0.25, -0.2) is 9.97 Å². The lowest BCUT2D eigenvalue weighted by Gasteiger charge is -2.39. The molecular weight excluding hydrogens is 316 g/mol. The molecule has 4 rings (SSSR count). The van der Waals surface area contributed by atoms with Crippen molar-refractivity contribution in [3.05, 3.63) is 60.6 Å². The lowest BCUT2D eigenvalue weighted by atomic mass is 9.92. The Kier molecular flexibility index (Phi) is 3.93. The fraction of sp³-hybridized carbons (Fsp3) is 0.211. The van der Waals surface area contributed by atoms with Crippen LogP contribution in [0.2, 0.25) is 0 Å². The monoisotopic (exact) mass is 334 g/mol. The van der Waals surface area contributed by atoms with E-state index in [2.05, 4.69) is 14.9 Å². The van der Waals surface area contributed by atoms with Gasteiger partial charge in [0, 0.05) is 19.3 Å². The Bertz CT molecular complexity index is 872. The van der Waals surface area contributed by atoms with Crippen molar-refractivity contribution in [3.63, 3.8) is 0 Å². The second-order valence-electron chi connectivity index (χ2n) is 6.14. The van der Waals surface area contributed by atoms with Gasteiger partial charge in [0.25, 0.3) is 0 Å². The summed E-state index contributed by atoms with van der Waals surface area (Å²) in [5.41, 5.74) is 7.83. The third-order valence-corrected chi connectivity index (χ3v) is 4.43. The molecule has 126 valence electrons. The molecule has 0 spiro atoms. The minimum atomic E-state index is -0.00419. The number of ketones is 1. The third kappa shape index (κ3) is 3.10. The van der Waals surface area contributed by atoms with Crippen LogP contribution in [0.1, 0.15) is 5.69 Å². The highest BCUT2D eigenvalue weighted by atomic mass is 16.3. The Morgan fingerprint density at radius 2 is 2.08 bits per heavy atom. The number of nitrogens with two attached hydrogens (primary N) is 1. The molecule has 1 saturated heterocycles. The molecule has 0 aromatic carbocycles. The topological polar surface area (TPSA) is 85.2 Å². The number of hydrogen-bond acceptors (Lipinski definition) is 6. The SMILES string of the molecule is Nc1ccc(-c2ccco2)nc1CC(=O)C1CN(c2ccccn2)C1. The average molecular weight is 334 g/mol. The number of anilines is 2. The molecule has 2 N–H and O–H groups in total. The highest BCUT2D eigenvalue weighted by Gasteiger charge is 2.33. The quantitative estimate of drug-likeness (QED) is 0.772. The van der Waals surface area contributed by atoms with E-state index < -0.39 is 0 Å². The van der Waals surface area contributed by atoms with Crippen LogP contribution in [0.15, 0.2) is 59.3 Å². The van der Waals surface area contributed by atoms with Gasteiger partial charge in [0.05, 0.1) is 30.0 Å². The predicted octanol–water partition coefficient (Wildman–Crippen LogP) is 2.57. The first-order valence-corrected chi connectivity index (χ1v) is 8.18. The van der Waals surface area contributed by atoms with E-state index in [-0.39, 0.29) is 18.1 Å². The molecule has 6 nitrogen and oxygen atoms in total. The number of hydrogen-bond donors (Lipinski definition) is 1. The summed E-state index contributed by atoms with van der Waals surface area (Å²) in [6.07, 6.45) is 3.59. The first kappa shape index (κ1) is 15.4. The summed E-state index contributed by atoms with van der Waals surface area (Å²) in [6, 6.07) is 13.0. The number of Topliss-reactive ketones (excluding diaryl/α,β-unsaturated/α-hetero) is 1. The Morgan fingerprint density at radius 3 is 2.80 bits per heavy atom. The third-order valence-electron chi connectivity index (χ3n) is 4.43. The lowest BCUT2D eigenvalue weighted by molar-refractivity contribution is -0.122. The second-order valence-corrected chi connectivity index (χ2v) is 6.14. The molecule has 1 aliphatic rings. The molecule has 0 bridgehead atoms. The molecule has 6 heteroatoms. The molecule has 0 saturated carbocycles. The summed E-state index contributed by atoms with van der Waals surface area (Å²) in [5.74, 6) is 1.72. The first-order valence-electron chi connectivity index (χ1n) is 8.18. The maximum absolute atomic E-state index is 12.6. The van der Waals surface area contributed by atoms with Crippen molar-refractivity contribution in [1.29, 1.82) is 0 Å². The van der Waals surface area contributed by atoms with Gasteiger partial charge in [-0.2, -0.15) is 0 Å². The molecule has 1 fully saturated rings. The molecule has 0 aliphatic carbocycles. The molecule has 25 heavy (non-hydrogen) atoms. The molecule has 0 atom stereocenters. The lowest BCUT2D eigenvalue weighted by Crippen LogP contribution is -2.51. The van der Waals surface area contributed by atoms with E-state index in [1.165, 1.54) is 0 Å². The summed E-state index contributed by atoms with van der Waals surface area (Å²) in [7, 11) is 0. The predicted molar refractivity (Wildman–Crippen MR) is 95.0 cm³/mol. The van der Waals surface area contributed by atoms with E-state index in [4.69, 9.17) is 10.2 Å². The molecule has 0 amide bonds. The van der Waals surface area contributed by atoms with Crippen LogP contribution in [-0.2, 0) is 11.2 Å². The molecular formula is C19H18N4O2. The normalized spacial score (nSPS) is 14.3. The zero-order valence-corrected chi connectivity index (χ0v) is 13.6. The summed E-state index contributed by atoms with van der Waals surface area (Å²) in [5, 5.41) is 0. The van der Waals surface area contributed by atoms with Crippen LogP contribution in [0.3, 0.4) is 0 Å². The Balaban J connectivity index is 1.43. The van der Waals surface area contributed by atoms with E-state index in [0.717, 1.165) is 5.82 Å². The summed E-state index contributed by atoms with van der Waals surface area (Å²) >= 11 is 0. The summed E-state index contributed by atoms with van der Waals surface area (Å²) in [4.78, 5) is 23.5. The van der Waals surface area contributed by atoms with E-state index in [0.29, 0.717) is 35.9 Å². The molecule has 3 aromatic heterocycles. The highest BCUT2D eigenvalue weighted by molar-refractivity contribution is 5.86. The number of nitrogens with zero attached hydrogens (tertiary/aromatic N) is 3. The van der Waals surface area contributed by atoms with Gasteiger partial charge in [0.2, 0.25) is 0 Å². The maximum atomic E-state index is 12.6.